The summed E-state index contributed by atoms with van der Waals surface area (Å²) in [6.07, 6.45) is 8.16. The molecule has 0 fully saturated rings. The number of nitro groups is 2. The highest BCUT2D eigenvalue weighted by molar-refractivity contribution is 5.41. The first-order valence-electron chi connectivity index (χ1n) is 11.9. The van der Waals surface area contributed by atoms with Crippen molar-refractivity contribution in [1.82, 2.24) is 5.32 Å². The first kappa shape index (κ1) is 26.7. The number of aryl methyl sites for hydroxylation is 1. The number of benzene rings is 2. The van der Waals surface area contributed by atoms with Crippen LogP contribution in [0.25, 0.3) is 0 Å². The smallest absolute Gasteiger partial charge is 0.269 e. The van der Waals surface area contributed by atoms with Gasteiger partial charge in [0.1, 0.15) is 7.05 Å². The number of aromatic nitrogens is 1. The Morgan fingerprint density at radius 3 is 1.89 bits per heavy atom. The Kier molecular flexibility index (Phi) is 8.66. The van der Waals surface area contributed by atoms with Gasteiger partial charge in [0.15, 0.2) is 12.4 Å². The van der Waals surface area contributed by atoms with Gasteiger partial charge in [0, 0.05) is 54.4 Å². The van der Waals surface area contributed by atoms with Crippen molar-refractivity contribution >= 4 is 11.4 Å². The third kappa shape index (κ3) is 7.05. The molecule has 8 nitrogen and oxygen atoms in total. The minimum atomic E-state index is -0.376. The van der Waals surface area contributed by atoms with Crippen LogP contribution < -0.4 is 9.88 Å². The van der Waals surface area contributed by atoms with Gasteiger partial charge in [-0.3, -0.25) is 20.2 Å². The monoisotopic (exact) mass is 489 g/mol. The molecule has 188 valence electrons. The number of rotatable bonds is 6. The zero-order valence-electron chi connectivity index (χ0n) is 21.2. The van der Waals surface area contributed by atoms with Crippen LogP contribution in [0.3, 0.4) is 0 Å². The first-order valence-corrected chi connectivity index (χ1v) is 11.9. The Morgan fingerprint density at radius 2 is 1.39 bits per heavy atom. The van der Waals surface area contributed by atoms with Gasteiger partial charge in [-0.05, 0) is 36.5 Å². The maximum absolute atomic E-state index is 10.7. The van der Waals surface area contributed by atoms with E-state index in [2.05, 4.69) is 44.3 Å². The minimum absolute atomic E-state index is 0.124. The van der Waals surface area contributed by atoms with E-state index in [4.69, 9.17) is 0 Å². The molecular weight excluding hydrogens is 456 g/mol. The second kappa shape index (κ2) is 11.7. The van der Waals surface area contributed by atoms with Crippen LogP contribution in [0.4, 0.5) is 11.4 Å². The molecule has 1 atom stereocenters. The van der Waals surface area contributed by atoms with E-state index >= 15 is 0 Å². The Morgan fingerprint density at radius 1 is 0.889 bits per heavy atom. The third-order valence-electron chi connectivity index (χ3n) is 6.50. The molecule has 1 aliphatic heterocycles. The molecule has 0 saturated carbocycles. The van der Waals surface area contributed by atoms with Crippen molar-refractivity contribution in [3.8, 4) is 0 Å². The summed E-state index contributed by atoms with van der Waals surface area (Å²) in [5.74, 6) is 0. The molecule has 8 heteroatoms. The maximum atomic E-state index is 10.7. The molecule has 0 spiro atoms. The van der Waals surface area contributed by atoms with Crippen LogP contribution in [0.1, 0.15) is 43.9 Å². The van der Waals surface area contributed by atoms with Gasteiger partial charge in [-0.1, -0.05) is 49.8 Å². The van der Waals surface area contributed by atoms with E-state index < -0.39 is 0 Å². The minimum Gasteiger partial charge on any atom is -0.310 e. The molecule has 1 N–H and O–H groups in total. The van der Waals surface area contributed by atoms with Crippen molar-refractivity contribution in [3.05, 3.63) is 122 Å². The molecule has 36 heavy (non-hydrogen) atoms. The highest BCUT2D eigenvalue weighted by Gasteiger charge is 2.24. The standard InChI is InChI=1S/C15H17N2O2.C13H16N2O2/c1-15(2,13-8-10-16(3)11-9-13)12-4-6-14(7-5-12)17(18)19;1-10-8-12(6-7-14-10)9-11-2-4-13(5-3-11)15(16)17/h4-11H,1-3H3;2-6,10,14H,7-9H2,1H3/q+1;. The zero-order valence-corrected chi connectivity index (χ0v) is 21.2. The van der Waals surface area contributed by atoms with Gasteiger partial charge in [0.2, 0.25) is 0 Å². The predicted octanol–water partition coefficient (Wildman–Crippen LogP) is 5.19. The lowest BCUT2D eigenvalue weighted by Gasteiger charge is -2.25. The van der Waals surface area contributed by atoms with Crippen molar-refractivity contribution in [1.29, 1.82) is 0 Å². The molecular formula is C28H33N4O4+. The number of pyridine rings is 1. The van der Waals surface area contributed by atoms with Crippen molar-refractivity contribution in [2.75, 3.05) is 6.54 Å². The summed E-state index contributed by atoms with van der Waals surface area (Å²) < 4.78 is 1.98. The normalized spacial score (nSPS) is 15.3. The summed E-state index contributed by atoms with van der Waals surface area (Å²) >= 11 is 0. The van der Waals surface area contributed by atoms with E-state index in [1.807, 2.05) is 48.3 Å². The summed E-state index contributed by atoms with van der Waals surface area (Å²) in [6, 6.07) is 18.2. The Labute approximate surface area is 211 Å². The molecule has 0 amide bonds. The van der Waals surface area contributed by atoms with Crippen LogP contribution in [-0.2, 0) is 18.9 Å². The quantitative estimate of drug-likeness (QED) is 0.222. The Balaban J connectivity index is 0.000000202. The lowest BCUT2D eigenvalue weighted by molar-refractivity contribution is -0.671. The lowest BCUT2D eigenvalue weighted by Crippen LogP contribution is -2.30. The predicted molar refractivity (Wildman–Crippen MR) is 140 cm³/mol. The molecule has 3 aromatic rings. The van der Waals surface area contributed by atoms with Gasteiger partial charge in [-0.15, -0.1) is 0 Å². The fraction of sp³-hybridized carbons (Fsp3) is 0.321. The van der Waals surface area contributed by atoms with E-state index in [9.17, 15) is 20.2 Å². The highest BCUT2D eigenvalue weighted by atomic mass is 16.6. The fourth-order valence-electron chi connectivity index (χ4n) is 4.18. The Hall–Kier alpha value is -3.91. The highest BCUT2D eigenvalue weighted by Crippen LogP contribution is 2.31. The van der Waals surface area contributed by atoms with Gasteiger partial charge in [-0.2, -0.15) is 0 Å². The SMILES string of the molecule is CC1CC(Cc2ccc([N+](=O)[O-])cc2)=CCN1.C[n+]1ccc(C(C)(C)c2ccc([N+](=O)[O-])cc2)cc1. The van der Waals surface area contributed by atoms with E-state index in [0.717, 1.165) is 30.5 Å². The molecule has 1 aromatic heterocycles. The number of nitrogens with zero attached hydrogens (tertiary/aromatic N) is 3. The molecule has 0 saturated heterocycles. The van der Waals surface area contributed by atoms with Crippen LogP contribution in [0.5, 0.6) is 0 Å². The molecule has 0 bridgehead atoms. The molecule has 2 heterocycles. The second-order valence-corrected chi connectivity index (χ2v) is 9.66. The van der Waals surface area contributed by atoms with Crippen LogP contribution in [-0.4, -0.2) is 22.4 Å². The van der Waals surface area contributed by atoms with E-state index in [1.54, 1.807) is 24.3 Å². The number of hydrogen-bond donors (Lipinski definition) is 1. The van der Waals surface area contributed by atoms with Crippen LogP contribution in [0.2, 0.25) is 0 Å². The van der Waals surface area contributed by atoms with Gasteiger partial charge in [0.25, 0.3) is 11.4 Å². The molecule has 4 rings (SSSR count). The number of nitrogens with one attached hydrogen (secondary N) is 1. The van der Waals surface area contributed by atoms with Crippen molar-refractivity contribution in [2.24, 2.45) is 7.05 Å². The van der Waals surface area contributed by atoms with Crippen LogP contribution >= 0.6 is 0 Å². The molecule has 1 aliphatic rings. The lowest BCUT2D eigenvalue weighted by atomic mass is 9.78. The molecule has 0 aliphatic carbocycles. The average molecular weight is 490 g/mol. The fourth-order valence-corrected chi connectivity index (χ4v) is 4.18. The Bertz CT molecular complexity index is 1220. The summed E-state index contributed by atoms with van der Waals surface area (Å²) in [7, 11) is 1.97. The van der Waals surface area contributed by atoms with E-state index in [1.165, 1.54) is 11.1 Å². The van der Waals surface area contributed by atoms with E-state index in [-0.39, 0.29) is 26.6 Å². The number of hydrogen-bond acceptors (Lipinski definition) is 5. The van der Waals surface area contributed by atoms with Crippen LogP contribution in [0, 0.1) is 20.2 Å². The summed E-state index contributed by atoms with van der Waals surface area (Å²) in [6.45, 7) is 7.32. The van der Waals surface area contributed by atoms with Gasteiger partial charge in [0.05, 0.1) is 9.85 Å². The summed E-state index contributed by atoms with van der Waals surface area (Å²) in [4.78, 5) is 20.5. The number of nitro benzene ring substituents is 2. The summed E-state index contributed by atoms with van der Waals surface area (Å²) in [5, 5.41) is 24.6. The molecule has 0 radical (unpaired) electrons. The molecule has 1 unspecified atom stereocenters. The first-order chi connectivity index (χ1) is 17.1. The van der Waals surface area contributed by atoms with Crippen LogP contribution in [0.15, 0.2) is 84.7 Å². The van der Waals surface area contributed by atoms with Gasteiger partial charge < -0.3 is 5.32 Å². The van der Waals surface area contributed by atoms with Crippen molar-refractivity contribution < 1.29 is 14.4 Å². The van der Waals surface area contributed by atoms with Gasteiger partial charge >= 0.3 is 0 Å². The van der Waals surface area contributed by atoms with Crippen molar-refractivity contribution in [2.45, 2.75) is 45.1 Å². The van der Waals surface area contributed by atoms with Gasteiger partial charge in [-0.25, -0.2) is 4.57 Å². The summed E-state index contributed by atoms with van der Waals surface area (Å²) in [5.41, 5.74) is 4.89. The third-order valence-corrected chi connectivity index (χ3v) is 6.50. The van der Waals surface area contributed by atoms with E-state index in [0.29, 0.717) is 6.04 Å². The number of non-ortho nitro benzene ring substituents is 2. The zero-order chi connectivity index (χ0) is 26.3. The second-order valence-electron chi connectivity index (χ2n) is 9.66. The maximum Gasteiger partial charge on any atom is 0.269 e. The average Bonchev–Trinajstić information content (AvgIpc) is 2.85. The van der Waals surface area contributed by atoms with Crippen molar-refractivity contribution in [3.63, 3.8) is 0 Å². The molecule has 2 aromatic carbocycles. The largest absolute Gasteiger partial charge is 0.310 e. The topological polar surface area (TPSA) is 102 Å².